The molecule has 0 bridgehead atoms. The molecule has 0 aliphatic heterocycles. The minimum Gasteiger partial charge on any atom is -0.316 e. The number of hydrogen-bond donors (Lipinski definition) is 1. The molecule has 1 unspecified atom stereocenters. The Morgan fingerprint density at radius 1 is 1.24 bits per heavy atom. The summed E-state index contributed by atoms with van der Waals surface area (Å²) in [7, 11) is 2.19. The van der Waals surface area contributed by atoms with Crippen molar-refractivity contribution < 1.29 is 0 Å². The maximum atomic E-state index is 6.10. The van der Waals surface area contributed by atoms with Gasteiger partial charge in [0.05, 0.1) is 0 Å². The fourth-order valence-electron chi connectivity index (χ4n) is 2.59. The average molecular weight is 311 g/mol. The summed E-state index contributed by atoms with van der Waals surface area (Å²) in [6.45, 7) is 14.5. The van der Waals surface area contributed by atoms with E-state index in [0.717, 1.165) is 24.7 Å². The van der Waals surface area contributed by atoms with Gasteiger partial charge in [0.2, 0.25) is 0 Å². The van der Waals surface area contributed by atoms with E-state index in [-0.39, 0.29) is 5.41 Å². The van der Waals surface area contributed by atoms with Gasteiger partial charge in [-0.1, -0.05) is 51.4 Å². The molecular weight excluding hydrogens is 280 g/mol. The zero-order valence-corrected chi connectivity index (χ0v) is 15.2. The van der Waals surface area contributed by atoms with Gasteiger partial charge in [0, 0.05) is 24.2 Å². The second-order valence-corrected chi connectivity index (χ2v) is 7.77. The lowest BCUT2D eigenvalue weighted by molar-refractivity contribution is 0.165. The van der Waals surface area contributed by atoms with Crippen molar-refractivity contribution in [3.05, 3.63) is 34.9 Å². The van der Waals surface area contributed by atoms with Crippen molar-refractivity contribution in [1.82, 2.24) is 10.2 Å². The van der Waals surface area contributed by atoms with E-state index in [2.05, 4.69) is 64.0 Å². The highest BCUT2D eigenvalue weighted by molar-refractivity contribution is 6.30. The van der Waals surface area contributed by atoms with E-state index >= 15 is 0 Å². The van der Waals surface area contributed by atoms with Gasteiger partial charge in [0.1, 0.15) is 0 Å². The minimum atomic E-state index is 0.247. The largest absolute Gasteiger partial charge is 0.316 e. The second-order valence-electron chi connectivity index (χ2n) is 7.34. The van der Waals surface area contributed by atoms with Crippen molar-refractivity contribution in [3.8, 4) is 0 Å². The Morgan fingerprint density at radius 3 is 2.48 bits per heavy atom. The predicted molar refractivity (Wildman–Crippen MR) is 94.0 cm³/mol. The second kappa shape index (κ2) is 8.17. The van der Waals surface area contributed by atoms with E-state index in [0.29, 0.717) is 12.0 Å². The number of benzene rings is 1. The van der Waals surface area contributed by atoms with Crippen LogP contribution in [0.4, 0.5) is 0 Å². The Kier molecular flexibility index (Phi) is 7.19. The Hall–Kier alpha value is -0.570. The van der Waals surface area contributed by atoms with E-state index in [4.69, 9.17) is 11.6 Å². The SMILES string of the molecule is CC(C)CNCC(C)(C)CN(C)C(C)c1cccc(Cl)c1. The molecule has 0 fully saturated rings. The lowest BCUT2D eigenvalue weighted by atomic mass is 9.91. The monoisotopic (exact) mass is 310 g/mol. The van der Waals surface area contributed by atoms with Gasteiger partial charge in [-0.05, 0) is 49.5 Å². The molecule has 21 heavy (non-hydrogen) atoms. The first-order chi connectivity index (χ1) is 9.71. The van der Waals surface area contributed by atoms with Crippen LogP contribution in [-0.4, -0.2) is 31.6 Å². The molecule has 0 heterocycles. The summed E-state index contributed by atoms with van der Waals surface area (Å²) >= 11 is 6.10. The molecule has 0 radical (unpaired) electrons. The Bertz CT molecular complexity index is 429. The molecule has 0 spiro atoms. The van der Waals surface area contributed by atoms with Crippen LogP contribution in [0.25, 0.3) is 0 Å². The summed E-state index contributed by atoms with van der Waals surface area (Å²) in [5.41, 5.74) is 1.52. The smallest absolute Gasteiger partial charge is 0.0409 e. The van der Waals surface area contributed by atoms with E-state index in [1.165, 1.54) is 5.56 Å². The van der Waals surface area contributed by atoms with Gasteiger partial charge in [-0.25, -0.2) is 0 Å². The Labute approximate surface area is 135 Å². The van der Waals surface area contributed by atoms with Gasteiger partial charge in [-0.15, -0.1) is 0 Å². The summed E-state index contributed by atoms with van der Waals surface area (Å²) in [6.07, 6.45) is 0. The molecule has 120 valence electrons. The fraction of sp³-hybridized carbons (Fsp3) is 0.667. The van der Waals surface area contributed by atoms with Crippen molar-refractivity contribution in [2.24, 2.45) is 11.3 Å². The summed E-state index contributed by atoms with van der Waals surface area (Å²) < 4.78 is 0. The molecule has 0 aliphatic rings. The van der Waals surface area contributed by atoms with Crippen molar-refractivity contribution in [1.29, 1.82) is 0 Å². The van der Waals surface area contributed by atoms with Crippen molar-refractivity contribution >= 4 is 11.6 Å². The third-order valence-electron chi connectivity index (χ3n) is 3.83. The fourth-order valence-corrected chi connectivity index (χ4v) is 2.79. The maximum absolute atomic E-state index is 6.10. The standard InChI is InChI=1S/C18H31ClN2/c1-14(2)11-20-12-18(4,5)13-21(6)15(3)16-8-7-9-17(19)10-16/h7-10,14-15,20H,11-13H2,1-6H3. The lowest BCUT2D eigenvalue weighted by Crippen LogP contribution is -2.40. The first kappa shape index (κ1) is 18.5. The quantitative estimate of drug-likeness (QED) is 0.754. The van der Waals surface area contributed by atoms with Gasteiger partial charge in [0.25, 0.3) is 0 Å². The van der Waals surface area contributed by atoms with E-state index in [1.807, 2.05) is 12.1 Å². The number of nitrogens with zero attached hydrogens (tertiary/aromatic N) is 1. The molecule has 0 amide bonds. The molecule has 0 saturated carbocycles. The van der Waals surface area contributed by atoms with Crippen LogP contribution in [0.1, 0.15) is 46.2 Å². The van der Waals surface area contributed by atoms with Crippen LogP contribution < -0.4 is 5.32 Å². The van der Waals surface area contributed by atoms with E-state index < -0.39 is 0 Å². The van der Waals surface area contributed by atoms with E-state index in [1.54, 1.807) is 0 Å². The van der Waals surface area contributed by atoms with Crippen LogP contribution in [0.15, 0.2) is 24.3 Å². The van der Waals surface area contributed by atoms with Gasteiger partial charge in [-0.2, -0.15) is 0 Å². The molecular formula is C18H31ClN2. The summed E-state index contributed by atoms with van der Waals surface area (Å²) in [6, 6.07) is 8.53. The van der Waals surface area contributed by atoms with Crippen molar-refractivity contribution in [3.63, 3.8) is 0 Å². The molecule has 1 atom stereocenters. The van der Waals surface area contributed by atoms with Crippen LogP contribution in [0.2, 0.25) is 5.02 Å². The van der Waals surface area contributed by atoms with E-state index in [9.17, 15) is 0 Å². The molecule has 1 rings (SSSR count). The summed E-state index contributed by atoms with van der Waals surface area (Å²) in [5, 5.41) is 4.38. The molecule has 1 N–H and O–H groups in total. The first-order valence-electron chi connectivity index (χ1n) is 7.88. The summed E-state index contributed by atoms with van der Waals surface area (Å²) in [4.78, 5) is 2.41. The molecule has 1 aromatic rings. The molecule has 0 saturated heterocycles. The van der Waals surface area contributed by atoms with Gasteiger partial charge >= 0.3 is 0 Å². The first-order valence-corrected chi connectivity index (χ1v) is 8.25. The average Bonchev–Trinajstić information content (AvgIpc) is 2.36. The van der Waals surface area contributed by atoms with Crippen LogP contribution in [0.3, 0.4) is 0 Å². The molecule has 1 aromatic carbocycles. The maximum Gasteiger partial charge on any atom is 0.0409 e. The normalized spacial score (nSPS) is 14.0. The van der Waals surface area contributed by atoms with Gasteiger partial charge in [0.15, 0.2) is 0 Å². The highest BCUT2D eigenvalue weighted by Crippen LogP contribution is 2.25. The zero-order chi connectivity index (χ0) is 16.0. The highest BCUT2D eigenvalue weighted by atomic mass is 35.5. The third kappa shape index (κ3) is 6.82. The lowest BCUT2D eigenvalue weighted by Gasteiger charge is -2.34. The number of nitrogens with one attached hydrogen (secondary N) is 1. The molecule has 0 aromatic heterocycles. The Balaban J connectivity index is 2.56. The van der Waals surface area contributed by atoms with Gasteiger partial charge < -0.3 is 5.32 Å². The topological polar surface area (TPSA) is 15.3 Å². The summed E-state index contributed by atoms with van der Waals surface area (Å²) in [5.74, 6) is 0.698. The molecule has 2 nitrogen and oxygen atoms in total. The van der Waals surface area contributed by atoms with Crippen molar-refractivity contribution in [2.45, 2.75) is 40.7 Å². The van der Waals surface area contributed by atoms with Crippen molar-refractivity contribution in [2.75, 3.05) is 26.7 Å². The minimum absolute atomic E-state index is 0.247. The predicted octanol–water partition coefficient (Wildman–Crippen LogP) is 4.60. The third-order valence-corrected chi connectivity index (χ3v) is 4.06. The number of halogens is 1. The van der Waals surface area contributed by atoms with Crippen LogP contribution in [0, 0.1) is 11.3 Å². The van der Waals surface area contributed by atoms with Crippen LogP contribution in [0.5, 0.6) is 0 Å². The zero-order valence-electron chi connectivity index (χ0n) is 14.4. The Morgan fingerprint density at radius 2 is 1.90 bits per heavy atom. The molecule has 3 heteroatoms. The highest BCUT2D eigenvalue weighted by Gasteiger charge is 2.23. The van der Waals surface area contributed by atoms with Gasteiger partial charge in [-0.3, -0.25) is 4.90 Å². The van der Waals surface area contributed by atoms with Crippen LogP contribution in [-0.2, 0) is 0 Å². The number of hydrogen-bond acceptors (Lipinski definition) is 2. The van der Waals surface area contributed by atoms with Crippen LogP contribution >= 0.6 is 11.6 Å². The number of rotatable bonds is 8. The molecule has 0 aliphatic carbocycles.